The Kier molecular flexibility index (Phi) is 10.1. The van der Waals surface area contributed by atoms with Crippen LogP contribution in [0.3, 0.4) is 0 Å². The molecule has 1 heterocycles. The summed E-state index contributed by atoms with van der Waals surface area (Å²) in [6, 6.07) is 7.38. The number of hydrogen-bond donors (Lipinski definition) is 1. The average Bonchev–Trinajstić information content (AvgIpc) is 2.98. The van der Waals surface area contributed by atoms with Crippen molar-refractivity contribution in [1.29, 1.82) is 0 Å². The first-order valence-corrected chi connectivity index (χ1v) is 9.12. The second-order valence-corrected chi connectivity index (χ2v) is 6.63. The summed E-state index contributed by atoms with van der Waals surface area (Å²) in [4.78, 5) is 12.2. The molecule has 0 spiro atoms. The molecule has 5 nitrogen and oxygen atoms in total. The summed E-state index contributed by atoms with van der Waals surface area (Å²) in [5, 5.41) is 4.02. The van der Waals surface area contributed by atoms with Crippen LogP contribution >= 0.6 is 46.9 Å². The van der Waals surface area contributed by atoms with Crippen molar-refractivity contribution in [2.45, 2.75) is 20.4 Å². The molecule has 2 rings (SSSR count). The second kappa shape index (κ2) is 11.5. The van der Waals surface area contributed by atoms with Crippen LogP contribution in [0.2, 0.25) is 5.02 Å². The maximum atomic E-state index is 5.87. The molecule has 0 aliphatic carbocycles. The lowest BCUT2D eigenvalue weighted by atomic mass is 10.3. The molecule has 25 heavy (non-hydrogen) atoms. The third-order valence-electron chi connectivity index (χ3n) is 3.42. The highest BCUT2D eigenvalue weighted by molar-refractivity contribution is 14.0. The van der Waals surface area contributed by atoms with E-state index in [-0.39, 0.29) is 24.0 Å². The normalized spacial score (nSPS) is 11.0. The predicted molar refractivity (Wildman–Crippen MR) is 117 cm³/mol. The highest BCUT2D eigenvalue weighted by Gasteiger charge is 2.07. The number of nitrogens with zero attached hydrogens (tertiary/aromatic N) is 3. The Morgan fingerprint density at radius 3 is 2.68 bits per heavy atom. The fourth-order valence-electron chi connectivity index (χ4n) is 2.03. The number of thiazole rings is 1. The van der Waals surface area contributed by atoms with Gasteiger partial charge >= 0.3 is 0 Å². The molecule has 0 unspecified atom stereocenters. The van der Waals surface area contributed by atoms with Crippen LogP contribution in [0.4, 0.5) is 0 Å². The lowest BCUT2D eigenvalue weighted by Gasteiger charge is -2.22. The van der Waals surface area contributed by atoms with Crippen LogP contribution in [0.1, 0.15) is 17.5 Å². The van der Waals surface area contributed by atoms with Crippen LogP contribution < -0.4 is 10.1 Å². The molecule has 0 bridgehead atoms. The molecule has 138 valence electrons. The summed E-state index contributed by atoms with van der Waals surface area (Å²) < 4.78 is 5.74. The van der Waals surface area contributed by atoms with E-state index in [2.05, 4.69) is 27.1 Å². The highest BCUT2D eigenvalue weighted by atomic mass is 127. The van der Waals surface area contributed by atoms with Gasteiger partial charge in [0, 0.05) is 23.5 Å². The first-order chi connectivity index (χ1) is 11.6. The standard InChI is InChI=1S/C17H23ClN4OS.HI/c1-4-19-17(20-11-16-13(2)21-12-24-16)22(3)9-10-23-15-7-5-14(18)6-8-15;/h5-8,12H,4,9-11H2,1-3H3,(H,19,20);1H. The summed E-state index contributed by atoms with van der Waals surface area (Å²) in [6.45, 7) is 6.84. The Bertz CT molecular complexity index is 663. The third-order valence-corrected chi connectivity index (χ3v) is 4.59. The molecular weight excluding hydrogens is 471 g/mol. The van der Waals surface area contributed by atoms with Crippen molar-refractivity contribution in [3.63, 3.8) is 0 Å². The maximum Gasteiger partial charge on any atom is 0.194 e. The molecule has 1 aromatic heterocycles. The van der Waals surface area contributed by atoms with E-state index in [4.69, 9.17) is 16.3 Å². The van der Waals surface area contributed by atoms with Crippen LogP contribution in [-0.2, 0) is 6.54 Å². The van der Waals surface area contributed by atoms with Crippen molar-refractivity contribution < 1.29 is 4.74 Å². The topological polar surface area (TPSA) is 49.8 Å². The van der Waals surface area contributed by atoms with E-state index in [1.165, 1.54) is 4.88 Å². The van der Waals surface area contributed by atoms with Crippen molar-refractivity contribution in [2.75, 3.05) is 26.7 Å². The van der Waals surface area contributed by atoms with E-state index in [1.54, 1.807) is 11.3 Å². The molecular formula is C17H24ClIN4OS. The van der Waals surface area contributed by atoms with Gasteiger partial charge in [0.1, 0.15) is 12.4 Å². The maximum absolute atomic E-state index is 5.87. The molecule has 0 amide bonds. The average molecular weight is 495 g/mol. The van der Waals surface area contributed by atoms with Gasteiger partial charge in [0.2, 0.25) is 0 Å². The fraction of sp³-hybridized carbons (Fsp3) is 0.412. The monoisotopic (exact) mass is 494 g/mol. The minimum atomic E-state index is 0. The first kappa shape index (κ1) is 22.0. The first-order valence-electron chi connectivity index (χ1n) is 7.87. The number of benzene rings is 1. The summed E-state index contributed by atoms with van der Waals surface area (Å²) >= 11 is 7.51. The van der Waals surface area contributed by atoms with Crippen molar-refractivity contribution >= 4 is 52.9 Å². The Balaban J connectivity index is 0.00000312. The second-order valence-electron chi connectivity index (χ2n) is 5.26. The van der Waals surface area contributed by atoms with Gasteiger partial charge in [0.15, 0.2) is 5.96 Å². The van der Waals surface area contributed by atoms with E-state index in [1.807, 2.05) is 43.7 Å². The minimum absolute atomic E-state index is 0. The zero-order valence-electron chi connectivity index (χ0n) is 14.7. The summed E-state index contributed by atoms with van der Waals surface area (Å²) in [5.74, 6) is 1.68. The fourth-order valence-corrected chi connectivity index (χ4v) is 2.86. The van der Waals surface area contributed by atoms with Gasteiger partial charge in [-0.3, -0.25) is 0 Å². The summed E-state index contributed by atoms with van der Waals surface area (Å²) in [5.41, 5.74) is 2.91. The number of aryl methyl sites for hydroxylation is 1. The van der Waals surface area contributed by atoms with E-state index in [0.717, 1.165) is 30.5 Å². The number of hydrogen-bond acceptors (Lipinski definition) is 4. The molecule has 0 aliphatic heterocycles. The van der Waals surface area contributed by atoms with E-state index in [9.17, 15) is 0 Å². The number of ether oxygens (including phenoxy) is 1. The number of rotatable bonds is 7. The number of nitrogens with one attached hydrogen (secondary N) is 1. The minimum Gasteiger partial charge on any atom is -0.492 e. The quantitative estimate of drug-likeness (QED) is 0.356. The molecule has 0 fully saturated rings. The molecule has 0 atom stereocenters. The third kappa shape index (κ3) is 7.37. The van der Waals surface area contributed by atoms with Gasteiger partial charge < -0.3 is 15.0 Å². The molecule has 0 radical (unpaired) electrons. The van der Waals surface area contributed by atoms with Crippen molar-refractivity contribution in [3.8, 4) is 5.75 Å². The summed E-state index contributed by atoms with van der Waals surface area (Å²) in [7, 11) is 2.01. The van der Waals surface area contributed by atoms with Crippen molar-refractivity contribution in [3.05, 3.63) is 45.4 Å². The molecule has 1 aromatic carbocycles. The van der Waals surface area contributed by atoms with E-state index < -0.39 is 0 Å². The SMILES string of the molecule is CCNC(=NCc1scnc1C)N(C)CCOc1ccc(Cl)cc1.I. The Morgan fingerprint density at radius 2 is 2.08 bits per heavy atom. The van der Waals surface area contributed by atoms with Gasteiger partial charge in [-0.1, -0.05) is 11.6 Å². The molecule has 8 heteroatoms. The van der Waals surface area contributed by atoms with Crippen LogP contribution in [0, 0.1) is 6.92 Å². The number of guanidine groups is 1. The molecule has 2 aromatic rings. The van der Waals surface area contributed by atoms with Crippen molar-refractivity contribution in [1.82, 2.24) is 15.2 Å². The summed E-state index contributed by atoms with van der Waals surface area (Å²) in [6.07, 6.45) is 0. The number of aliphatic imine (C=N–C) groups is 1. The van der Waals surface area contributed by atoms with Crippen LogP contribution in [-0.4, -0.2) is 42.6 Å². The van der Waals surface area contributed by atoms with Gasteiger partial charge in [-0.25, -0.2) is 9.98 Å². The Morgan fingerprint density at radius 1 is 1.36 bits per heavy atom. The van der Waals surface area contributed by atoms with Gasteiger partial charge in [-0.15, -0.1) is 35.3 Å². The Labute approximate surface area is 175 Å². The van der Waals surface area contributed by atoms with Crippen LogP contribution in [0.15, 0.2) is 34.8 Å². The molecule has 0 saturated carbocycles. The van der Waals surface area contributed by atoms with E-state index >= 15 is 0 Å². The molecule has 0 aliphatic rings. The van der Waals surface area contributed by atoms with Crippen LogP contribution in [0.25, 0.3) is 0 Å². The number of likely N-dealkylation sites (N-methyl/N-ethyl adjacent to an activating group) is 1. The largest absolute Gasteiger partial charge is 0.492 e. The lowest BCUT2D eigenvalue weighted by molar-refractivity contribution is 0.281. The van der Waals surface area contributed by atoms with Gasteiger partial charge in [0.25, 0.3) is 0 Å². The number of halogens is 2. The van der Waals surface area contributed by atoms with Gasteiger partial charge in [-0.05, 0) is 38.1 Å². The zero-order chi connectivity index (χ0) is 17.4. The number of aromatic nitrogens is 1. The van der Waals surface area contributed by atoms with Gasteiger partial charge in [0.05, 0.1) is 24.3 Å². The molecule has 0 saturated heterocycles. The van der Waals surface area contributed by atoms with Crippen LogP contribution in [0.5, 0.6) is 5.75 Å². The lowest BCUT2D eigenvalue weighted by Crippen LogP contribution is -2.40. The van der Waals surface area contributed by atoms with Crippen molar-refractivity contribution in [2.24, 2.45) is 4.99 Å². The Hall–Kier alpha value is -1.06. The molecule has 1 N–H and O–H groups in total. The smallest absolute Gasteiger partial charge is 0.194 e. The predicted octanol–water partition coefficient (Wildman–Crippen LogP) is 4.20. The zero-order valence-corrected chi connectivity index (χ0v) is 18.6. The highest BCUT2D eigenvalue weighted by Crippen LogP contribution is 2.15. The van der Waals surface area contributed by atoms with Gasteiger partial charge in [-0.2, -0.15) is 0 Å². The van der Waals surface area contributed by atoms with E-state index in [0.29, 0.717) is 18.2 Å².